The number of nitrogens with one attached hydrogen (secondary N) is 1. The molecule has 1 aromatic rings. The fourth-order valence-electron chi connectivity index (χ4n) is 3.36. The minimum absolute atomic E-state index is 0.105. The van der Waals surface area contributed by atoms with E-state index < -0.39 is 23.9 Å². The third kappa shape index (κ3) is 4.76. The molecule has 0 spiro atoms. The first-order valence-corrected chi connectivity index (χ1v) is 9.22. The minimum Gasteiger partial charge on any atom is -0.481 e. The van der Waals surface area contributed by atoms with E-state index in [4.69, 9.17) is 9.47 Å². The number of carbonyl (C=O) groups excluding carboxylic acids is 1. The quantitative estimate of drug-likeness (QED) is 0.746. The number of likely N-dealkylation sites (N-methyl/N-ethyl adjacent to an activating group) is 1. The maximum Gasteiger partial charge on any atom is 0.254 e. The number of hydrogen-bond donors (Lipinski definition) is 1. The molecule has 154 valence electrons. The van der Waals surface area contributed by atoms with Crippen molar-refractivity contribution in [1.82, 2.24) is 15.2 Å². The van der Waals surface area contributed by atoms with Crippen molar-refractivity contribution in [2.75, 3.05) is 20.7 Å². The van der Waals surface area contributed by atoms with Crippen molar-refractivity contribution in [3.63, 3.8) is 0 Å². The molecule has 9 heteroatoms. The first-order chi connectivity index (χ1) is 13.3. The van der Waals surface area contributed by atoms with Crippen molar-refractivity contribution in [3.8, 4) is 11.8 Å². The molecular weight excluding hydrogens is 375 g/mol. The molecule has 1 N–H and O–H groups in total. The Balaban J connectivity index is 1.69. The molecule has 2 heterocycles. The Hall–Kier alpha value is -2.29. The molecule has 0 aromatic carbocycles. The maximum atomic E-state index is 14.5. The number of rotatable bonds is 6. The van der Waals surface area contributed by atoms with Crippen LogP contribution < -0.4 is 14.8 Å². The summed E-state index contributed by atoms with van der Waals surface area (Å²) in [6.07, 6.45) is 2.83. The van der Waals surface area contributed by atoms with Crippen LogP contribution in [-0.4, -0.2) is 54.6 Å². The highest BCUT2D eigenvalue weighted by Gasteiger charge is 2.36. The van der Waals surface area contributed by atoms with Crippen LogP contribution in [0.4, 0.5) is 13.2 Å². The smallest absolute Gasteiger partial charge is 0.254 e. The monoisotopic (exact) mass is 399 g/mol. The molecule has 1 atom stereocenters. The summed E-state index contributed by atoms with van der Waals surface area (Å²) >= 11 is 0. The Bertz CT molecular complexity index is 747. The van der Waals surface area contributed by atoms with Crippen molar-refractivity contribution in [2.24, 2.45) is 0 Å². The zero-order chi connectivity index (χ0) is 20.3. The highest BCUT2D eigenvalue weighted by atomic mass is 19.3. The summed E-state index contributed by atoms with van der Waals surface area (Å²) in [6.45, 7) is 0.733. The second-order valence-electron chi connectivity index (χ2n) is 7.13. The van der Waals surface area contributed by atoms with E-state index in [2.05, 4.69) is 10.3 Å². The van der Waals surface area contributed by atoms with Gasteiger partial charge in [-0.15, -0.1) is 0 Å². The standard InChI is InChI=1S/C19H24F3N3O3/c1-25(18(26)15-4-3-9-23-15)11-12-10-14(20)17(24-16(12)27-2)28-13-5-7-19(21,22)8-6-13/h3-4,10,13,15,23H,5-9,11H2,1-2H3/t15-/m0/s1. The highest BCUT2D eigenvalue weighted by Crippen LogP contribution is 2.35. The lowest BCUT2D eigenvalue weighted by Gasteiger charge is -2.28. The summed E-state index contributed by atoms with van der Waals surface area (Å²) < 4.78 is 51.8. The summed E-state index contributed by atoms with van der Waals surface area (Å²) in [5.74, 6) is -3.70. The lowest BCUT2D eigenvalue weighted by Crippen LogP contribution is -2.41. The second kappa shape index (κ2) is 8.38. The third-order valence-electron chi connectivity index (χ3n) is 4.95. The Morgan fingerprint density at radius 2 is 2.07 bits per heavy atom. The van der Waals surface area contributed by atoms with E-state index in [1.54, 1.807) is 13.1 Å². The number of methoxy groups -OCH3 is 1. The van der Waals surface area contributed by atoms with E-state index in [0.29, 0.717) is 12.1 Å². The van der Waals surface area contributed by atoms with E-state index in [9.17, 15) is 18.0 Å². The fraction of sp³-hybridized carbons (Fsp3) is 0.579. The van der Waals surface area contributed by atoms with Gasteiger partial charge in [0.05, 0.1) is 13.7 Å². The van der Waals surface area contributed by atoms with Crippen molar-refractivity contribution >= 4 is 5.91 Å². The molecule has 0 bridgehead atoms. The average molecular weight is 399 g/mol. The van der Waals surface area contributed by atoms with Crippen molar-refractivity contribution in [1.29, 1.82) is 0 Å². The van der Waals surface area contributed by atoms with Crippen molar-refractivity contribution in [3.05, 3.63) is 29.6 Å². The van der Waals surface area contributed by atoms with Crippen LogP contribution in [0.25, 0.3) is 0 Å². The number of aromatic nitrogens is 1. The summed E-state index contributed by atoms with van der Waals surface area (Å²) in [6, 6.07) is 0.807. The molecule has 1 amide bonds. The first-order valence-electron chi connectivity index (χ1n) is 9.22. The molecule has 0 unspecified atom stereocenters. The van der Waals surface area contributed by atoms with Crippen LogP contribution in [0.1, 0.15) is 31.2 Å². The van der Waals surface area contributed by atoms with Gasteiger partial charge in [0.25, 0.3) is 5.88 Å². The van der Waals surface area contributed by atoms with Crippen LogP contribution >= 0.6 is 0 Å². The van der Waals surface area contributed by atoms with Gasteiger partial charge in [-0.05, 0) is 18.9 Å². The van der Waals surface area contributed by atoms with Gasteiger partial charge in [0.1, 0.15) is 12.1 Å². The number of amides is 1. The Morgan fingerprint density at radius 3 is 2.68 bits per heavy atom. The van der Waals surface area contributed by atoms with E-state index in [1.165, 1.54) is 18.1 Å². The van der Waals surface area contributed by atoms with Gasteiger partial charge in [-0.3, -0.25) is 10.1 Å². The molecule has 28 heavy (non-hydrogen) atoms. The molecule has 1 aliphatic carbocycles. The van der Waals surface area contributed by atoms with Gasteiger partial charge in [-0.25, -0.2) is 13.2 Å². The number of halogens is 3. The zero-order valence-electron chi connectivity index (χ0n) is 15.9. The predicted molar refractivity (Wildman–Crippen MR) is 96.0 cm³/mol. The van der Waals surface area contributed by atoms with Gasteiger partial charge in [0.15, 0.2) is 5.82 Å². The second-order valence-corrected chi connectivity index (χ2v) is 7.13. The van der Waals surface area contributed by atoms with Gasteiger partial charge >= 0.3 is 0 Å². The molecule has 1 saturated carbocycles. The number of hydrogen-bond acceptors (Lipinski definition) is 5. The van der Waals surface area contributed by atoms with Crippen molar-refractivity contribution < 1.29 is 27.4 Å². The van der Waals surface area contributed by atoms with Gasteiger partial charge < -0.3 is 14.4 Å². The lowest BCUT2D eigenvalue weighted by molar-refractivity contribution is -0.131. The molecule has 2 aliphatic rings. The largest absolute Gasteiger partial charge is 0.481 e. The highest BCUT2D eigenvalue weighted by molar-refractivity contribution is 5.84. The molecule has 0 radical (unpaired) electrons. The SMILES string of the molecule is COc1nc(OC2CCC(F)(F)CC2)c(F)cc1CN(C)C(=O)[C@@H]1C=CCN1. The normalized spacial score (nSPS) is 21.5. The number of pyridine rings is 1. The fourth-order valence-corrected chi connectivity index (χ4v) is 3.36. The summed E-state index contributed by atoms with van der Waals surface area (Å²) in [4.78, 5) is 17.9. The molecule has 6 nitrogen and oxygen atoms in total. The van der Waals surface area contributed by atoms with E-state index in [1.807, 2.05) is 6.08 Å². The Kier molecular flexibility index (Phi) is 6.12. The summed E-state index contributed by atoms with van der Waals surface area (Å²) in [5, 5.41) is 3.03. The molecule has 1 aromatic heterocycles. The molecular formula is C19H24F3N3O3. The topological polar surface area (TPSA) is 63.7 Å². The number of alkyl halides is 2. The van der Waals surface area contributed by atoms with Crippen LogP contribution in [0.15, 0.2) is 18.2 Å². The predicted octanol–water partition coefficient (Wildman–Crippen LogP) is 2.67. The number of carbonyl (C=O) groups is 1. The Labute approximate surface area is 161 Å². The summed E-state index contributed by atoms with van der Waals surface area (Å²) in [5.41, 5.74) is 0.389. The van der Waals surface area contributed by atoms with E-state index >= 15 is 0 Å². The van der Waals surface area contributed by atoms with Gasteiger partial charge in [0.2, 0.25) is 17.7 Å². The van der Waals surface area contributed by atoms with Crippen LogP contribution in [-0.2, 0) is 11.3 Å². The number of ether oxygens (including phenoxy) is 2. The molecule has 1 aliphatic heterocycles. The minimum atomic E-state index is -2.69. The van der Waals surface area contributed by atoms with E-state index in [-0.39, 0.29) is 49.9 Å². The molecule has 3 rings (SSSR count). The summed E-state index contributed by atoms with van der Waals surface area (Å²) in [7, 11) is 3.00. The molecule has 1 fully saturated rings. The zero-order valence-corrected chi connectivity index (χ0v) is 15.9. The van der Waals surface area contributed by atoms with Gasteiger partial charge in [-0.1, -0.05) is 12.2 Å². The van der Waals surface area contributed by atoms with Crippen molar-refractivity contribution in [2.45, 2.75) is 50.3 Å². The Morgan fingerprint density at radius 1 is 1.36 bits per heavy atom. The number of nitrogens with zero attached hydrogens (tertiary/aromatic N) is 2. The van der Waals surface area contributed by atoms with Crippen LogP contribution in [0.2, 0.25) is 0 Å². The van der Waals surface area contributed by atoms with E-state index in [0.717, 1.165) is 0 Å². The van der Waals surface area contributed by atoms with Crippen LogP contribution in [0, 0.1) is 5.82 Å². The van der Waals surface area contributed by atoms with Crippen LogP contribution in [0.3, 0.4) is 0 Å². The van der Waals surface area contributed by atoms with Gasteiger partial charge in [-0.2, -0.15) is 4.98 Å². The van der Waals surface area contributed by atoms with Gasteiger partial charge in [0, 0.05) is 32.0 Å². The lowest BCUT2D eigenvalue weighted by atomic mass is 9.94. The van der Waals surface area contributed by atoms with Crippen LogP contribution in [0.5, 0.6) is 11.8 Å². The molecule has 0 saturated heterocycles. The average Bonchev–Trinajstić information content (AvgIpc) is 3.19. The first kappa shape index (κ1) is 20.4. The maximum absolute atomic E-state index is 14.5. The third-order valence-corrected chi connectivity index (χ3v) is 4.95.